The number of amidine groups is 2. The van der Waals surface area contributed by atoms with E-state index in [2.05, 4.69) is 44.1 Å². The number of rotatable bonds is 6. The van der Waals surface area contributed by atoms with E-state index in [0.29, 0.717) is 12.8 Å². The van der Waals surface area contributed by atoms with Crippen molar-refractivity contribution >= 4 is 23.0 Å². The van der Waals surface area contributed by atoms with Gasteiger partial charge in [0.15, 0.2) is 0 Å². The largest absolute Gasteiger partial charge is 0.396 e. The van der Waals surface area contributed by atoms with Crippen molar-refractivity contribution in [2.45, 2.75) is 12.8 Å². The molecular weight excluding hydrogens is 280 g/mol. The van der Waals surface area contributed by atoms with E-state index < -0.39 is 0 Å². The maximum atomic E-state index is 9.11. The highest BCUT2D eigenvalue weighted by atomic mass is 16.3. The lowest BCUT2D eigenvalue weighted by Gasteiger charge is -2.23. The van der Waals surface area contributed by atoms with Gasteiger partial charge in [0.2, 0.25) is 0 Å². The van der Waals surface area contributed by atoms with Gasteiger partial charge in [-0.1, -0.05) is 0 Å². The van der Waals surface area contributed by atoms with Crippen molar-refractivity contribution < 1.29 is 10.2 Å². The number of nitrogens with zero attached hydrogens (tertiary/aromatic N) is 4. The molecular formula is C16H22N4O2. The van der Waals surface area contributed by atoms with Crippen molar-refractivity contribution in [3.05, 3.63) is 24.3 Å². The van der Waals surface area contributed by atoms with E-state index in [1.54, 1.807) is 0 Å². The normalized spacial score (nSPS) is 17.9. The van der Waals surface area contributed by atoms with Crippen LogP contribution < -0.4 is 9.80 Å². The number of hydrogen-bond donors (Lipinski definition) is 2. The average Bonchev–Trinajstić information content (AvgIpc) is 3.18. The molecule has 118 valence electrons. The first-order chi connectivity index (χ1) is 10.8. The molecule has 6 heteroatoms. The van der Waals surface area contributed by atoms with Crippen molar-refractivity contribution in [2.24, 2.45) is 9.98 Å². The molecule has 0 bridgehead atoms. The average molecular weight is 302 g/mol. The number of benzene rings is 1. The van der Waals surface area contributed by atoms with Gasteiger partial charge in [-0.3, -0.25) is 9.98 Å². The topological polar surface area (TPSA) is 71.7 Å². The summed E-state index contributed by atoms with van der Waals surface area (Å²) < 4.78 is 0. The third-order valence-electron chi connectivity index (χ3n) is 4.00. The van der Waals surface area contributed by atoms with Gasteiger partial charge in [0, 0.05) is 37.3 Å². The Morgan fingerprint density at radius 3 is 1.55 bits per heavy atom. The number of hydrogen-bond acceptors (Lipinski definition) is 6. The summed E-state index contributed by atoms with van der Waals surface area (Å²) in [5, 5.41) is 18.2. The third-order valence-corrected chi connectivity index (χ3v) is 4.00. The molecule has 2 heterocycles. The van der Waals surface area contributed by atoms with Crippen molar-refractivity contribution in [3.8, 4) is 0 Å². The molecule has 2 aliphatic rings. The Morgan fingerprint density at radius 2 is 1.18 bits per heavy atom. The fourth-order valence-corrected chi connectivity index (χ4v) is 2.98. The summed E-state index contributed by atoms with van der Waals surface area (Å²) in [5.74, 6) is 1.91. The van der Waals surface area contributed by atoms with Crippen molar-refractivity contribution in [2.75, 3.05) is 49.2 Å². The van der Waals surface area contributed by atoms with Gasteiger partial charge in [-0.15, -0.1) is 0 Å². The molecule has 0 aliphatic carbocycles. The van der Waals surface area contributed by atoms with Crippen LogP contribution in [-0.4, -0.2) is 61.3 Å². The van der Waals surface area contributed by atoms with E-state index in [0.717, 1.165) is 49.2 Å². The van der Waals surface area contributed by atoms with E-state index >= 15 is 0 Å². The van der Waals surface area contributed by atoms with Gasteiger partial charge >= 0.3 is 0 Å². The van der Waals surface area contributed by atoms with Gasteiger partial charge in [0.05, 0.1) is 26.3 Å². The number of anilines is 2. The first kappa shape index (κ1) is 15.0. The minimum atomic E-state index is 0.127. The van der Waals surface area contributed by atoms with Crippen LogP contribution >= 0.6 is 0 Å². The third kappa shape index (κ3) is 2.98. The molecule has 0 atom stereocenters. The maximum Gasteiger partial charge on any atom is 0.106 e. The Labute approximate surface area is 130 Å². The van der Waals surface area contributed by atoms with E-state index in [-0.39, 0.29) is 13.2 Å². The molecule has 0 saturated carbocycles. The van der Waals surface area contributed by atoms with Gasteiger partial charge in [-0.05, 0) is 24.3 Å². The van der Waals surface area contributed by atoms with Gasteiger partial charge in [-0.25, -0.2) is 0 Å². The molecule has 2 aliphatic heterocycles. The summed E-state index contributed by atoms with van der Waals surface area (Å²) >= 11 is 0. The van der Waals surface area contributed by atoms with Crippen LogP contribution in [0.4, 0.5) is 11.4 Å². The smallest absolute Gasteiger partial charge is 0.106 e. The summed E-state index contributed by atoms with van der Waals surface area (Å²) in [5.41, 5.74) is 2.21. The molecule has 0 unspecified atom stereocenters. The van der Waals surface area contributed by atoms with Crippen LogP contribution in [-0.2, 0) is 0 Å². The minimum absolute atomic E-state index is 0.127. The standard InChI is InChI=1S/C16H22N4O2/c21-11-5-15-17-7-9-19(15)13-1-2-14(4-3-13)20-10-8-18-16(20)6-12-22/h1-4,21-22H,5-12H2. The highest BCUT2D eigenvalue weighted by molar-refractivity contribution is 6.01. The second kappa shape index (κ2) is 6.89. The molecule has 0 spiro atoms. The predicted octanol–water partition coefficient (Wildman–Crippen LogP) is 0.888. The summed E-state index contributed by atoms with van der Waals surface area (Å²) in [6.07, 6.45) is 1.20. The lowest BCUT2D eigenvalue weighted by molar-refractivity contribution is 0.306. The van der Waals surface area contributed by atoms with Gasteiger partial charge in [-0.2, -0.15) is 0 Å². The molecule has 1 aromatic carbocycles. The molecule has 0 saturated heterocycles. The zero-order valence-corrected chi connectivity index (χ0v) is 12.6. The second-order valence-electron chi connectivity index (χ2n) is 5.36. The fraction of sp³-hybridized carbons (Fsp3) is 0.500. The molecule has 6 nitrogen and oxygen atoms in total. The molecule has 1 aromatic rings. The molecule has 2 N–H and O–H groups in total. The molecule has 0 fully saturated rings. The molecule has 0 radical (unpaired) electrons. The lowest BCUT2D eigenvalue weighted by atomic mass is 10.2. The lowest BCUT2D eigenvalue weighted by Crippen LogP contribution is -2.29. The Balaban J connectivity index is 1.73. The Hall–Kier alpha value is -1.92. The summed E-state index contributed by atoms with van der Waals surface area (Å²) in [7, 11) is 0. The summed E-state index contributed by atoms with van der Waals surface area (Å²) in [4.78, 5) is 13.2. The van der Waals surface area contributed by atoms with Crippen molar-refractivity contribution in [1.82, 2.24) is 0 Å². The van der Waals surface area contributed by atoms with Crippen LogP contribution in [0.1, 0.15) is 12.8 Å². The summed E-state index contributed by atoms with van der Waals surface area (Å²) in [6, 6.07) is 8.34. The van der Waals surface area contributed by atoms with Gasteiger partial charge in [0.1, 0.15) is 11.7 Å². The highest BCUT2D eigenvalue weighted by Gasteiger charge is 2.20. The van der Waals surface area contributed by atoms with Crippen molar-refractivity contribution in [3.63, 3.8) is 0 Å². The number of aliphatic hydroxyl groups is 2. The summed E-state index contributed by atoms with van der Waals surface area (Å²) in [6.45, 7) is 3.57. The zero-order valence-electron chi connectivity index (χ0n) is 12.6. The van der Waals surface area contributed by atoms with Crippen LogP contribution in [0.3, 0.4) is 0 Å². The van der Waals surface area contributed by atoms with E-state index in [1.165, 1.54) is 0 Å². The molecule has 0 aromatic heterocycles. The highest BCUT2D eigenvalue weighted by Crippen LogP contribution is 2.25. The van der Waals surface area contributed by atoms with Crippen LogP contribution in [0.15, 0.2) is 34.3 Å². The predicted molar refractivity (Wildman–Crippen MR) is 89.1 cm³/mol. The minimum Gasteiger partial charge on any atom is -0.396 e. The fourth-order valence-electron chi connectivity index (χ4n) is 2.98. The first-order valence-corrected chi connectivity index (χ1v) is 7.77. The Morgan fingerprint density at radius 1 is 0.773 bits per heavy atom. The monoisotopic (exact) mass is 302 g/mol. The quantitative estimate of drug-likeness (QED) is 0.818. The molecule has 22 heavy (non-hydrogen) atoms. The van der Waals surface area contributed by atoms with Crippen molar-refractivity contribution in [1.29, 1.82) is 0 Å². The number of aliphatic hydroxyl groups excluding tert-OH is 2. The van der Waals surface area contributed by atoms with E-state index in [9.17, 15) is 0 Å². The van der Waals surface area contributed by atoms with Crippen LogP contribution in [0.2, 0.25) is 0 Å². The molecule has 3 rings (SSSR count). The zero-order chi connectivity index (χ0) is 15.4. The Bertz CT molecular complexity index is 517. The molecule has 0 amide bonds. The SMILES string of the molecule is OCCC1=NCCN1c1ccc(N2CCN=C2CCO)cc1. The van der Waals surface area contributed by atoms with E-state index in [1.807, 2.05) is 0 Å². The van der Waals surface area contributed by atoms with E-state index in [4.69, 9.17) is 10.2 Å². The maximum absolute atomic E-state index is 9.11. The van der Waals surface area contributed by atoms with Crippen LogP contribution in [0.25, 0.3) is 0 Å². The Kier molecular flexibility index (Phi) is 4.70. The van der Waals surface area contributed by atoms with Gasteiger partial charge < -0.3 is 20.0 Å². The number of aliphatic imine (C=N–C) groups is 2. The van der Waals surface area contributed by atoms with Gasteiger partial charge in [0.25, 0.3) is 0 Å². The van der Waals surface area contributed by atoms with Crippen LogP contribution in [0, 0.1) is 0 Å². The second-order valence-corrected chi connectivity index (χ2v) is 5.36. The first-order valence-electron chi connectivity index (χ1n) is 7.77. The van der Waals surface area contributed by atoms with Crippen LogP contribution in [0.5, 0.6) is 0 Å².